The maximum atomic E-state index is 11.6. The van der Waals surface area contributed by atoms with Gasteiger partial charge in [0, 0.05) is 33.7 Å². The number of amides is 3. The highest BCUT2D eigenvalue weighted by atomic mass is 16.5. The zero-order chi connectivity index (χ0) is 13.8. The molecule has 2 fully saturated rings. The van der Waals surface area contributed by atoms with Gasteiger partial charge in [-0.15, -0.1) is 0 Å². The van der Waals surface area contributed by atoms with E-state index >= 15 is 0 Å². The van der Waals surface area contributed by atoms with Gasteiger partial charge in [0.1, 0.15) is 0 Å². The molecule has 1 saturated heterocycles. The molecule has 1 heterocycles. The van der Waals surface area contributed by atoms with Crippen LogP contribution in [0.5, 0.6) is 0 Å². The number of nitrogens with zero attached hydrogens (tertiary/aromatic N) is 1. The number of nitrogens with one attached hydrogen (secondary N) is 2. The van der Waals surface area contributed by atoms with Gasteiger partial charge in [-0.05, 0) is 25.2 Å². The van der Waals surface area contributed by atoms with Gasteiger partial charge in [-0.3, -0.25) is 4.79 Å². The summed E-state index contributed by atoms with van der Waals surface area (Å²) < 4.78 is 5.22. The predicted molar refractivity (Wildman–Crippen MR) is 70.7 cm³/mol. The second-order valence-corrected chi connectivity index (χ2v) is 5.56. The highest BCUT2D eigenvalue weighted by Crippen LogP contribution is 2.31. The standard InChI is InChI=1S/C13H23N3O3/c1-16-8-10(7-12(16)17)15-13(18)14-4-3-9-5-11(6-9)19-2/h9-11H,3-8H2,1-2H3,(H2,14,15,18)/t9?,10-,11?/m0/s1. The Labute approximate surface area is 113 Å². The summed E-state index contributed by atoms with van der Waals surface area (Å²) in [6, 6.07) is -0.227. The summed E-state index contributed by atoms with van der Waals surface area (Å²) in [5.41, 5.74) is 0. The van der Waals surface area contributed by atoms with Crippen LogP contribution in [0, 0.1) is 5.92 Å². The number of hydrogen-bond donors (Lipinski definition) is 2. The van der Waals surface area contributed by atoms with Crippen molar-refractivity contribution in [3.8, 4) is 0 Å². The Hall–Kier alpha value is -1.30. The highest BCUT2D eigenvalue weighted by molar-refractivity contribution is 5.81. The molecule has 3 amide bonds. The summed E-state index contributed by atoms with van der Waals surface area (Å²) in [6.45, 7) is 1.29. The first kappa shape index (κ1) is 14.1. The van der Waals surface area contributed by atoms with Gasteiger partial charge in [0.15, 0.2) is 0 Å². The van der Waals surface area contributed by atoms with E-state index in [1.807, 2.05) is 0 Å². The van der Waals surface area contributed by atoms with Gasteiger partial charge < -0.3 is 20.3 Å². The van der Waals surface area contributed by atoms with E-state index < -0.39 is 0 Å². The quantitative estimate of drug-likeness (QED) is 0.755. The molecular weight excluding hydrogens is 246 g/mol. The van der Waals surface area contributed by atoms with Crippen LogP contribution in [0.4, 0.5) is 4.79 Å². The SMILES string of the molecule is COC1CC(CCNC(=O)N[C@H]2CC(=O)N(C)C2)C1. The van der Waals surface area contributed by atoms with Gasteiger partial charge in [0.2, 0.25) is 5.91 Å². The van der Waals surface area contributed by atoms with Gasteiger partial charge in [0.25, 0.3) is 0 Å². The third kappa shape index (κ3) is 3.83. The normalized spacial score (nSPS) is 30.1. The number of ether oxygens (including phenoxy) is 1. The average molecular weight is 269 g/mol. The van der Waals surface area contributed by atoms with Gasteiger partial charge >= 0.3 is 6.03 Å². The number of likely N-dealkylation sites (tertiary alicyclic amines) is 1. The van der Waals surface area contributed by atoms with E-state index in [0.29, 0.717) is 31.5 Å². The largest absolute Gasteiger partial charge is 0.381 e. The fourth-order valence-corrected chi connectivity index (χ4v) is 2.69. The van der Waals surface area contributed by atoms with Crippen molar-refractivity contribution in [3.05, 3.63) is 0 Å². The molecule has 1 aliphatic heterocycles. The molecule has 6 nitrogen and oxygen atoms in total. The summed E-state index contributed by atoms with van der Waals surface area (Å²) >= 11 is 0. The number of carbonyl (C=O) groups excluding carboxylic acids is 2. The molecule has 6 heteroatoms. The number of hydrogen-bond acceptors (Lipinski definition) is 3. The van der Waals surface area contributed by atoms with E-state index in [1.54, 1.807) is 19.1 Å². The van der Waals surface area contributed by atoms with Crippen molar-refractivity contribution in [1.82, 2.24) is 15.5 Å². The Bertz CT molecular complexity index is 342. The summed E-state index contributed by atoms with van der Waals surface area (Å²) in [5, 5.41) is 5.68. The molecule has 2 rings (SSSR count). The molecule has 0 spiro atoms. The molecular formula is C13H23N3O3. The number of rotatable bonds is 5. The molecule has 2 N–H and O–H groups in total. The van der Waals surface area contributed by atoms with Crippen molar-refractivity contribution in [1.29, 1.82) is 0 Å². The minimum absolute atomic E-state index is 0.0564. The summed E-state index contributed by atoms with van der Waals surface area (Å²) in [4.78, 5) is 24.6. The lowest BCUT2D eigenvalue weighted by Gasteiger charge is -2.34. The second-order valence-electron chi connectivity index (χ2n) is 5.56. The zero-order valence-electron chi connectivity index (χ0n) is 11.6. The monoisotopic (exact) mass is 269 g/mol. The van der Waals surface area contributed by atoms with Crippen molar-refractivity contribution >= 4 is 11.9 Å². The topological polar surface area (TPSA) is 70.7 Å². The molecule has 0 bridgehead atoms. The minimum Gasteiger partial charge on any atom is -0.381 e. The van der Waals surface area contributed by atoms with Gasteiger partial charge in [-0.2, -0.15) is 0 Å². The smallest absolute Gasteiger partial charge is 0.315 e. The molecule has 108 valence electrons. The van der Waals surface area contributed by atoms with E-state index in [9.17, 15) is 9.59 Å². The van der Waals surface area contributed by atoms with Crippen molar-refractivity contribution in [2.45, 2.75) is 37.8 Å². The highest BCUT2D eigenvalue weighted by Gasteiger charge is 2.29. The number of methoxy groups -OCH3 is 1. The Morgan fingerprint density at radius 2 is 2.21 bits per heavy atom. The van der Waals surface area contributed by atoms with E-state index in [-0.39, 0.29) is 18.0 Å². The molecule has 0 unspecified atom stereocenters. The molecule has 19 heavy (non-hydrogen) atoms. The zero-order valence-corrected chi connectivity index (χ0v) is 11.6. The molecule has 2 aliphatic rings. The first-order valence-electron chi connectivity index (χ1n) is 6.89. The lowest BCUT2D eigenvalue weighted by Crippen LogP contribution is -2.44. The lowest BCUT2D eigenvalue weighted by molar-refractivity contribution is -0.126. The Morgan fingerprint density at radius 3 is 2.79 bits per heavy atom. The maximum Gasteiger partial charge on any atom is 0.315 e. The Morgan fingerprint density at radius 1 is 1.47 bits per heavy atom. The Kier molecular flexibility index (Phi) is 4.63. The lowest BCUT2D eigenvalue weighted by atomic mass is 9.80. The van der Waals surface area contributed by atoms with E-state index in [1.165, 1.54) is 0 Å². The third-order valence-electron chi connectivity index (χ3n) is 4.04. The first-order chi connectivity index (χ1) is 9.08. The van der Waals surface area contributed by atoms with Crippen LogP contribution in [0.15, 0.2) is 0 Å². The number of urea groups is 1. The van der Waals surface area contributed by atoms with Gasteiger partial charge in [-0.1, -0.05) is 0 Å². The van der Waals surface area contributed by atoms with Crippen LogP contribution in [0.25, 0.3) is 0 Å². The maximum absolute atomic E-state index is 11.6. The molecule has 0 aromatic carbocycles. The summed E-state index contributed by atoms with van der Waals surface area (Å²) in [7, 11) is 3.50. The van der Waals surface area contributed by atoms with Gasteiger partial charge in [-0.25, -0.2) is 4.79 Å². The second kappa shape index (κ2) is 6.23. The van der Waals surface area contributed by atoms with Crippen molar-refractivity contribution in [2.75, 3.05) is 27.2 Å². The summed E-state index contributed by atoms with van der Waals surface area (Å²) in [5.74, 6) is 0.759. The van der Waals surface area contributed by atoms with Gasteiger partial charge in [0.05, 0.1) is 12.1 Å². The van der Waals surface area contributed by atoms with Crippen LogP contribution < -0.4 is 10.6 Å². The fraction of sp³-hybridized carbons (Fsp3) is 0.846. The number of likely N-dealkylation sites (N-methyl/N-ethyl adjacent to an activating group) is 1. The predicted octanol–water partition coefficient (Wildman–Crippen LogP) is 0.331. The van der Waals surface area contributed by atoms with E-state index in [0.717, 1.165) is 19.3 Å². The fourth-order valence-electron chi connectivity index (χ4n) is 2.69. The first-order valence-corrected chi connectivity index (χ1v) is 6.89. The van der Waals surface area contributed by atoms with Crippen LogP contribution in [0.3, 0.4) is 0 Å². The molecule has 0 radical (unpaired) electrons. The van der Waals surface area contributed by atoms with Crippen molar-refractivity contribution < 1.29 is 14.3 Å². The average Bonchev–Trinajstić information content (AvgIpc) is 2.61. The van der Waals surface area contributed by atoms with E-state index in [2.05, 4.69) is 10.6 Å². The molecule has 0 aromatic rings. The number of carbonyl (C=O) groups is 2. The van der Waals surface area contributed by atoms with Crippen LogP contribution in [0.2, 0.25) is 0 Å². The van der Waals surface area contributed by atoms with Crippen LogP contribution in [-0.2, 0) is 9.53 Å². The van der Waals surface area contributed by atoms with Crippen LogP contribution >= 0.6 is 0 Å². The summed E-state index contributed by atoms with van der Waals surface area (Å²) in [6.07, 6.45) is 4.02. The molecule has 1 saturated carbocycles. The molecule has 1 aliphatic carbocycles. The Balaban J connectivity index is 1.54. The molecule has 1 atom stereocenters. The van der Waals surface area contributed by atoms with Crippen molar-refractivity contribution in [2.24, 2.45) is 5.92 Å². The minimum atomic E-state index is -0.171. The van der Waals surface area contributed by atoms with Crippen LogP contribution in [-0.4, -0.2) is 56.2 Å². The van der Waals surface area contributed by atoms with E-state index in [4.69, 9.17) is 4.74 Å². The van der Waals surface area contributed by atoms with Crippen LogP contribution in [0.1, 0.15) is 25.7 Å². The third-order valence-corrected chi connectivity index (χ3v) is 4.04. The van der Waals surface area contributed by atoms with Crippen molar-refractivity contribution in [3.63, 3.8) is 0 Å². The molecule has 0 aromatic heterocycles.